The maximum atomic E-state index is 12.8. The van der Waals surface area contributed by atoms with Crippen LogP contribution in [0.5, 0.6) is 0 Å². The van der Waals surface area contributed by atoms with E-state index in [4.69, 9.17) is 16.7 Å². The Labute approximate surface area is 136 Å². The number of aryl methyl sites for hydroxylation is 1. The summed E-state index contributed by atoms with van der Waals surface area (Å²) >= 11 is 6.02. The van der Waals surface area contributed by atoms with Gasteiger partial charge in [0.2, 0.25) is 0 Å². The first-order valence-electron chi connectivity index (χ1n) is 7.71. The summed E-state index contributed by atoms with van der Waals surface area (Å²) in [5.74, 6) is -0.912. The number of benzene rings is 1. The number of hydrogen-bond acceptors (Lipinski definition) is 3. The number of hydrogen-bond donors (Lipinski definition) is 1. The van der Waals surface area contributed by atoms with Crippen molar-refractivity contribution >= 4 is 23.4 Å². The Kier molecular flexibility index (Phi) is 5.59. The molecular weight excluding hydrogens is 302 g/mol. The Bertz CT molecular complexity index is 565. The summed E-state index contributed by atoms with van der Waals surface area (Å²) in [6.45, 7) is 5.20. The molecule has 1 N–H and O–H groups in total. The minimum Gasteiger partial charge on any atom is -0.481 e. The number of carbonyl (C=O) groups is 2. The first kappa shape index (κ1) is 17.0. The van der Waals surface area contributed by atoms with Crippen LogP contribution in [0.3, 0.4) is 0 Å². The molecule has 1 heterocycles. The van der Waals surface area contributed by atoms with Gasteiger partial charge in [0.25, 0.3) is 0 Å². The van der Waals surface area contributed by atoms with Crippen molar-refractivity contribution in [2.24, 2.45) is 5.92 Å². The normalized spacial score (nSPS) is 18.1. The van der Waals surface area contributed by atoms with Gasteiger partial charge in [-0.2, -0.15) is 0 Å². The van der Waals surface area contributed by atoms with Crippen molar-refractivity contribution in [1.82, 2.24) is 4.90 Å². The van der Waals surface area contributed by atoms with Crippen molar-refractivity contribution in [3.8, 4) is 0 Å². The fraction of sp³-hybridized carbons (Fsp3) is 0.529. The number of likely N-dealkylation sites (tertiary alicyclic amines) is 1. The van der Waals surface area contributed by atoms with Crippen LogP contribution in [-0.4, -0.2) is 40.9 Å². The number of nitrogens with zero attached hydrogens (tertiary/aromatic N) is 1. The summed E-state index contributed by atoms with van der Waals surface area (Å²) in [5.41, 5.74) is 1.57. The number of carboxylic acid groups (broad SMARTS) is 1. The molecule has 0 radical (unpaired) electrons. The Morgan fingerprint density at radius 3 is 2.50 bits per heavy atom. The molecule has 0 aromatic heterocycles. The Morgan fingerprint density at radius 1 is 1.36 bits per heavy atom. The lowest BCUT2D eigenvalue weighted by atomic mass is 9.93. The average molecular weight is 324 g/mol. The van der Waals surface area contributed by atoms with Crippen molar-refractivity contribution in [2.75, 3.05) is 13.1 Å². The topological polar surface area (TPSA) is 57.6 Å². The molecule has 1 aromatic rings. The molecule has 0 spiro atoms. The lowest BCUT2D eigenvalue weighted by molar-refractivity contribution is -0.143. The molecule has 4 nitrogen and oxygen atoms in total. The van der Waals surface area contributed by atoms with Crippen LogP contribution >= 0.6 is 11.6 Å². The van der Waals surface area contributed by atoms with E-state index in [1.165, 1.54) is 0 Å². The van der Waals surface area contributed by atoms with E-state index in [-0.39, 0.29) is 17.7 Å². The molecular formula is C17H22ClNO3. The van der Waals surface area contributed by atoms with Crippen molar-refractivity contribution in [3.05, 3.63) is 34.3 Å². The van der Waals surface area contributed by atoms with Gasteiger partial charge in [0.1, 0.15) is 0 Å². The predicted octanol–water partition coefficient (Wildman–Crippen LogP) is 3.41. The number of Topliss-reactive ketones (excluding diaryl/α,β-unsaturated/α-hetero) is 1. The number of ketones is 1. The zero-order valence-electron chi connectivity index (χ0n) is 13.0. The molecule has 1 fully saturated rings. The van der Waals surface area contributed by atoms with E-state index < -0.39 is 5.97 Å². The highest BCUT2D eigenvalue weighted by molar-refractivity contribution is 6.31. The lowest BCUT2D eigenvalue weighted by Crippen LogP contribution is -2.46. The number of carbonyl (C=O) groups excluding carboxylic acids is 1. The molecule has 22 heavy (non-hydrogen) atoms. The van der Waals surface area contributed by atoms with E-state index in [0.717, 1.165) is 12.0 Å². The van der Waals surface area contributed by atoms with Crippen molar-refractivity contribution < 1.29 is 14.7 Å². The molecule has 1 saturated heterocycles. The van der Waals surface area contributed by atoms with Crippen LogP contribution in [0.15, 0.2) is 18.2 Å². The van der Waals surface area contributed by atoms with Gasteiger partial charge in [-0.25, -0.2) is 0 Å². The summed E-state index contributed by atoms with van der Waals surface area (Å²) < 4.78 is 0. The van der Waals surface area contributed by atoms with Gasteiger partial charge in [0.15, 0.2) is 5.78 Å². The minimum atomic E-state index is -0.729. The molecule has 2 rings (SSSR count). The van der Waals surface area contributed by atoms with Gasteiger partial charge < -0.3 is 5.11 Å². The number of piperidine rings is 1. The van der Waals surface area contributed by atoms with Gasteiger partial charge in [-0.05, 0) is 63.0 Å². The highest BCUT2D eigenvalue weighted by Gasteiger charge is 2.31. The number of aliphatic carboxylic acids is 1. The van der Waals surface area contributed by atoms with E-state index in [0.29, 0.717) is 36.5 Å². The van der Waals surface area contributed by atoms with Gasteiger partial charge >= 0.3 is 5.97 Å². The van der Waals surface area contributed by atoms with Crippen LogP contribution < -0.4 is 0 Å². The summed E-state index contributed by atoms with van der Waals surface area (Å²) in [4.78, 5) is 25.9. The smallest absolute Gasteiger partial charge is 0.306 e. The van der Waals surface area contributed by atoms with Crippen molar-refractivity contribution in [2.45, 2.75) is 39.2 Å². The third-order valence-corrected chi connectivity index (χ3v) is 4.88. The molecule has 0 aliphatic carbocycles. The van der Waals surface area contributed by atoms with E-state index in [1.54, 1.807) is 12.1 Å². The first-order valence-corrected chi connectivity index (χ1v) is 8.09. The Morgan fingerprint density at radius 2 is 2.00 bits per heavy atom. The van der Waals surface area contributed by atoms with Crippen LogP contribution in [0.2, 0.25) is 5.02 Å². The summed E-state index contributed by atoms with van der Waals surface area (Å²) in [6.07, 6.45) is 1.94. The monoisotopic (exact) mass is 323 g/mol. The number of halogens is 1. The van der Waals surface area contributed by atoms with E-state index in [2.05, 4.69) is 4.90 Å². The van der Waals surface area contributed by atoms with Crippen LogP contribution in [-0.2, 0) is 4.79 Å². The quantitative estimate of drug-likeness (QED) is 0.844. The highest BCUT2D eigenvalue weighted by Crippen LogP contribution is 2.23. The molecule has 0 saturated carbocycles. The summed E-state index contributed by atoms with van der Waals surface area (Å²) in [6, 6.07) is 5.17. The fourth-order valence-electron chi connectivity index (χ4n) is 3.06. The van der Waals surface area contributed by atoms with Crippen LogP contribution in [0.25, 0.3) is 0 Å². The maximum absolute atomic E-state index is 12.8. The highest BCUT2D eigenvalue weighted by atomic mass is 35.5. The van der Waals surface area contributed by atoms with Gasteiger partial charge in [0.05, 0.1) is 12.0 Å². The summed E-state index contributed by atoms with van der Waals surface area (Å²) in [7, 11) is 0. The lowest BCUT2D eigenvalue weighted by Gasteiger charge is -2.35. The molecule has 120 valence electrons. The Hall–Kier alpha value is -1.39. The zero-order valence-corrected chi connectivity index (χ0v) is 13.8. The van der Waals surface area contributed by atoms with Gasteiger partial charge in [-0.15, -0.1) is 0 Å². The van der Waals surface area contributed by atoms with Gasteiger partial charge in [-0.3, -0.25) is 14.5 Å². The van der Waals surface area contributed by atoms with E-state index in [9.17, 15) is 9.59 Å². The second kappa shape index (κ2) is 7.25. The molecule has 0 amide bonds. The van der Waals surface area contributed by atoms with Crippen molar-refractivity contribution in [3.63, 3.8) is 0 Å². The molecule has 1 aliphatic heterocycles. The molecule has 5 heteroatoms. The second-order valence-corrected chi connectivity index (χ2v) is 6.31. The summed E-state index contributed by atoms with van der Waals surface area (Å²) in [5, 5.41) is 9.73. The first-order chi connectivity index (χ1) is 10.4. The Balaban J connectivity index is 2.09. The van der Waals surface area contributed by atoms with E-state index in [1.807, 2.05) is 19.9 Å². The van der Waals surface area contributed by atoms with E-state index >= 15 is 0 Å². The molecule has 1 unspecified atom stereocenters. The van der Waals surface area contributed by atoms with Crippen LogP contribution in [0, 0.1) is 12.8 Å². The van der Waals surface area contributed by atoms with Gasteiger partial charge in [0, 0.05) is 10.6 Å². The molecule has 1 aromatic carbocycles. The van der Waals surface area contributed by atoms with Crippen LogP contribution in [0.4, 0.5) is 0 Å². The predicted molar refractivity (Wildman–Crippen MR) is 86.5 cm³/mol. The SMILES string of the molecule is CCC(C(=O)c1ccc(Cl)c(C)c1)N1CCC(C(=O)O)CC1. The second-order valence-electron chi connectivity index (χ2n) is 5.90. The number of rotatable bonds is 5. The minimum absolute atomic E-state index is 0.0936. The third kappa shape index (κ3) is 3.68. The molecule has 1 aliphatic rings. The number of carboxylic acids is 1. The third-order valence-electron chi connectivity index (χ3n) is 4.45. The van der Waals surface area contributed by atoms with Crippen LogP contribution in [0.1, 0.15) is 42.1 Å². The largest absolute Gasteiger partial charge is 0.481 e. The van der Waals surface area contributed by atoms with Gasteiger partial charge in [-0.1, -0.05) is 18.5 Å². The molecule has 0 bridgehead atoms. The maximum Gasteiger partial charge on any atom is 0.306 e. The van der Waals surface area contributed by atoms with Crippen molar-refractivity contribution in [1.29, 1.82) is 0 Å². The molecule has 1 atom stereocenters. The fourth-order valence-corrected chi connectivity index (χ4v) is 3.18. The standard InChI is InChI=1S/C17H22ClNO3/c1-3-15(19-8-6-12(7-9-19)17(21)22)16(20)13-4-5-14(18)11(2)10-13/h4-5,10,12,15H,3,6-9H2,1-2H3,(H,21,22). The average Bonchev–Trinajstić information content (AvgIpc) is 2.51. The zero-order chi connectivity index (χ0) is 16.3.